The maximum atomic E-state index is 12.8. The minimum Gasteiger partial charge on any atom is -0.374 e. The number of rotatable bonds is 7. The lowest BCUT2D eigenvalue weighted by molar-refractivity contribution is -0.118. The monoisotopic (exact) mass is 410 g/mol. The first kappa shape index (κ1) is 20.6. The molecule has 0 radical (unpaired) electrons. The topological polar surface area (TPSA) is 112 Å². The summed E-state index contributed by atoms with van der Waals surface area (Å²) in [7, 11) is 0. The Morgan fingerprint density at radius 1 is 1.37 bits per heavy atom. The van der Waals surface area contributed by atoms with Crippen molar-refractivity contribution in [3.05, 3.63) is 22.6 Å². The van der Waals surface area contributed by atoms with Crippen molar-refractivity contribution in [3.8, 4) is 6.07 Å². The second-order valence-corrected chi connectivity index (χ2v) is 8.87. The van der Waals surface area contributed by atoms with Gasteiger partial charge in [-0.1, -0.05) is 27.2 Å². The predicted octanol–water partition coefficient (Wildman–Crippen LogP) is 4.00. The van der Waals surface area contributed by atoms with Gasteiger partial charge in [0.05, 0.1) is 30.2 Å². The molecule has 0 aromatic carbocycles. The van der Waals surface area contributed by atoms with Gasteiger partial charge in [0, 0.05) is 18.0 Å². The molecule has 3 unspecified atom stereocenters. The minimum absolute atomic E-state index is 0.207. The molecule has 3 atom stereocenters. The Kier molecular flexibility index (Phi) is 5.41. The molecule has 0 spiro atoms. The van der Waals surface area contributed by atoms with E-state index in [2.05, 4.69) is 51.8 Å². The average Bonchev–Trinajstić information content (AvgIpc) is 3.32. The highest BCUT2D eigenvalue weighted by Crippen LogP contribution is 2.49. The largest absolute Gasteiger partial charge is 0.374 e. The number of nitriles is 1. The summed E-state index contributed by atoms with van der Waals surface area (Å²) in [4.78, 5) is 15.9. The highest BCUT2D eigenvalue weighted by molar-refractivity contribution is 6.00. The summed E-state index contributed by atoms with van der Waals surface area (Å²) < 4.78 is 8.46. The minimum atomic E-state index is -0.311. The van der Waals surface area contributed by atoms with Gasteiger partial charge in [-0.05, 0) is 37.7 Å². The standard InChI is InChI=1S/C22H30N6O2/c1-4-8-21(12-15(3)13-22(5-2,14-21)30-11-6-9-23)28-18-16-7-10-24-19(16)26-25-17(18)20(29)27-28/h7,10,15H,4-6,8,11-14H2,1-3H3,(H,24,26)(H,27,29). The third kappa shape index (κ3) is 3.31. The van der Waals surface area contributed by atoms with Crippen molar-refractivity contribution in [1.82, 2.24) is 25.0 Å². The summed E-state index contributed by atoms with van der Waals surface area (Å²) >= 11 is 0. The van der Waals surface area contributed by atoms with Crippen LogP contribution in [0.5, 0.6) is 0 Å². The summed E-state index contributed by atoms with van der Waals surface area (Å²) in [5.74, 6) is 0.421. The lowest BCUT2D eigenvalue weighted by atomic mass is 9.66. The molecule has 0 aliphatic heterocycles. The smallest absolute Gasteiger partial charge is 0.292 e. The molecule has 8 heteroatoms. The van der Waals surface area contributed by atoms with E-state index in [0.29, 0.717) is 30.1 Å². The van der Waals surface area contributed by atoms with E-state index in [-0.39, 0.29) is 16.7 Å². The van der Waals surface area contributed by atoms with Crippen molar-refractivity contribution in [2.75, 3.05) is 6.61 Å². The van der Waals surface area contributed by atoms with Gasteiger partial charge in [-0.15, -0.1) is 10.2 Å². The number of nitrogens with zero attached hydrogens (tertiary/aromatic N) is 4. The zero-order valence-electron chi connectivity index (χ0n) is 18.0. The highest BCUT2D eigenvalue weighted by Gasteiger charge is 2.49. The van der Waals surface area contributed by atoms with Crippen LogP contribution in [-0.2, 0) is 10.3 Å². The Bertz CT molecular complexity index is 1140. The molecule has 3 aromatic heterocycles. The second kappa shape index (κ2) is 7.88. The van der Waals surface area contributed by atoms with E-state index in [0.717, 1.165) is 49.4 Å². The van der Waals surface area contributed by atoms with Crippen LogP contribution in [-0.4, -0.2) is 37.2 Å². The fourth-order valence-corrected chi connectivity index (χ4v) is 5.69. The SMILES string of the molecule is CCCC1(n2[nH]c(=O)c3nnc4[nH]ccc4c32)CC(C)CC(CC)(OCCC#N)C1. The third-order valence-corrected chi connectivity index (χ3v) is 6.66. The molecule has 1 aliphatic carbocycles. The van der Waals surface area contributed by atoms with Gasteiger partial charge in [0.2, 0.25) is 0 Å². The zero-order valence-corrected chi connectivity index (χ0v) is 18.0. The molecule has 1 fully saturated rings. The molecule has 1 aliphatic rings. The van der Waals surface area contributed by atoms with Crippen molar-refractivity contribution in [1.29, 1.82) is 5.26 Å². The van der Waals surface area contributed by atoms with E-state index < -0.39 is 0 Å². The van der Waals surface area contributed by atoms with E-state index in [1.807, 2.05) is 12.3 Å². The molecule has 2 N–H and O–H groups in total. The first-order chi connectivity index (χ1) is 14.5. The van der Waals surface area contributed by atoms with Gasteiger partial charge in [-0.25, -0.2) is 0 Å². The fourth-order valence-electron chi connectivity index (χ4n) is 5.69. The molecule has 0 amide bonds. The normalized spacial score (nSPS) is 26.9. The molecule has 4 rings (SSSR count). The number of H-pyrrole nitrogens is 2. The van der Waals surface area contributed by atoms with Crippen molar-refractivity contribution < 1.29 is 4.74 Å². The predicted molar refractivity (Wildman–Crippen MR) is 115 cm³/mol. The average molecular weight is 411 g/mol. The fraction of sp³-hybridized carbons (Fsp3) is 0.636. The summed E-state index contributed by atoms with van der Waals surface area (Å²) in [5, 5.41) is 21.4. The first-order valence-corrected chi connectivity index (χ1v) is 10.9. The number of nitrogens with one attached hydrogen (secondary N) is 2. The van der Waals surface area contributed by atoms with Crippen LogP contribution in [0.2, 0.25) is 0 Å². The van der Waals surface area contributed by atoms with E-state index in [9.17, 15) is 4.79 Å². The summed E-state index contributed by atoms with van der Waals surface area (Å²) in [6.07, 6.45) is 7.72. The van der Waals surface area contributed by atoms with Gasteiger partial charge in [0.25, 0.3) is 5.56 Å². The first-order valence-electron chi connectivity index (χ1n) is 10.9. The van der Waals surface area contributed by atoms with E-state index >= 15 is 0 Å². The van der Waals surface area contributed by atoms with Crippen LogP contribution < -0.4 is 5.56 Å². The zero-order chi connectivity index (χ0) is 21.4. The number of aromatic amines is 2. The molecule has 1 saturated carbocycles. The Labute approximate surface area is 175 Å². The van der Waals surface area contributed by atoms with E-state index in [1.54, 1.807) is 0 Å². The molecule has 160 valence electrons. The Morgan fingerprint density at radius 2 is 2.20 bits per heavy atom. The maximum Gasteiger partial charge on any atom is 0.292 e. The van der Waals surface area contributed by atoms with Crippen LogP contribution in [0.25, 0.3) is 22.1 Å². The molecule has 30 heavy (non-hydrogen) atoms. The van der Waals surface area contributed by atoms with Crippen molar-refractivity contribution in [2.24, 2.45) is 5.92 Å². The van der Waals surface area contributed by atoms with Gasteiger partial charge >= 0.3 is 0 Å². The van der Waals surface area contributed by atoms with Crippen LogP contribution in [0, 0.1) is 17.2 Å². The van der Waals surface area contributed by atoms with Crippen LogP contribution in [0.1, 0.15) is 65.7 Å². The summed E-state index contributed by atoms with van der Waals surface area (Å²) in [6.45, 7) is 7.04. The van der Waals surface area contributed by atoms with Crippen LogP contribution in [0.3, 0.4) is 0 Å². The van der Waals surface area contributed by atoms with Gasteiger partial charge in [0.15, 0.2) is 11.2 Å². The maximum absolute atomic E-state index is 12.8. The molecule has 3 heterocycles. The van der Waals surface area contributed by atoms with Crippen LogP contribution >= 0.6 is 0 Å². The van der Waals surface area contributed by atoms with Crippen LogP contribution in [0.4, 0.5) is 0 Å². The second-order valence-electron chi connectivity index (χ2n) is 8.87. The summed E-state index contributed by atoms with van der Waals surface area (Å²) in [6, 6.07) is 4.14. The van der Waals surface area contributed by atoms with Crippen molar-refractivity contribution in [2.45, 2.75) is 76.9 Å². The lowest BCUT2D eigenvalue weighted by Crippen LogP contribution is -2.51. The van der Waals surface area contributed by atoms with Crippen LogP contribution in [0.15, 0.2) is 17.1 Å². The number of ether oxygens (including phenoxy) is 1. The lowest BCUT2D eigenvalue weighted by Gasteiger charge is -2.50. The molecular weight excluding hydrogens is 380 g/mol. The van der Waals surface area contributed by atoms with E-state index in [1.165, 1.54) is 0 Å². The highest BCUT2D eigenvalue weighted by atomic mass is 16.5. The van der Waals surface area contributed by atoms with Gasteiger partial charge in [-0.2, -0.15) is 5.26 Å². The Hall–Kier alpha value is -2.66. The number of aromatic nitrogens is 5. The molecule has 8 nitrogen and oxygen atoms in total. The quantitative estimate of drug-likeness (QED) is 0.572. The van der Waals surface area contributed by atoms with E-state index in [4.69, 9.17) is 10.00 Å². The molecule has 3 aromatic rings. The summed E-state index contributed by atoms with van der Waals surface area (Å²) in [5.41, 5.74) is 1.07. The van der Waals surface area contributed by atoms with Gasteiger partial charge < -0.3 is 9.72 Å². The Balaban J connectivity index is 1.90. The Morgan fingerprint density at radius 3 is 2.93 bits per heavy atom. The third-order valence-electron chi connectivity index (χ3n) is 6.66. The number of hydrogen-bond acceptors (Lipinski definition) is 5. The molecular formula is C22H30N6O2. The van der Waals surface area contributed by atoms with Crippen molar-refractivity contribution >= 4 is 22.1 Å². The number of hydrogen-bond donors (Lipinski definition) is 2. The van der Waals surface area contributed by atoms with Crippen molar-refractivity contribution in [3.63, 3.8) is 0 Å². The van der Waals surface area contributed by atoms with Gasteiger partial charge in [-0.3, -0.25) is 14.6 Å². The molecule has 0 bridgehead atoms. The number of fused-ring (bicyclic) bond motifs is 3. The molecule has 0 saturated heterocycles. The van der Waals surface area contributed by atoms with Gasteiger partial charge in [0.1, 0.15) is 5.52 Å².